The summed E-state index contributed by atoms with van der Waals surface area (Å²) in [6.07, 6.45) is 18.0. The minimum absolute atomic E-state index is 0.0235. The maximum atomic E-state index is 13.1. The first-order valence-electron chi connectivity index (χ1n) is 30.6. The van der Waals surface area contributed by atoms with Crippen molar-refractivity contribution >= 4 is 44.8 Å². The van der Waals surface area contributed by atoms with E-state index in [4.69, 9.17) is 4.98 Å². The predicted octanol–water partition coefficient (Wildman–Crippen LogP) is 15.0. The predicted molar refractivity (Wildman–Crippen MR) is 355 cm³/mol. The summed E-state index contributed by atoms with van der Waals surface area (Å²) < 4.78 is 0. The Morgan fingerprint density at radius 2 is 1.63 bits per heavy atom. The van der Waals surface area contributed by atoms with Crippen LogP contribution in [0.4, 0.5) is 0 Å². The zero-order valence-corrected chi connectivity index (χ0v) is 53.4. The smallest absolute Gasteiger partial charge is 0.140 e. The highest BCUT2D eigenvalue weighted by molar-refractivity contribution is 7.61. The lowest BCUT2D eigenvalue weighted by Gasteiger charge is -2.35. The van der Waals surface area contributed by atoms with Crippen molar-refractivity contribution in [3.63, 3.8) is 0 Å². The molecule has 0 radical (unpaired) electrons. The molecule has 0 spiro atoms. The highest BCUT2D eigenvalue weighted by Gasteiger charge is 2.41. The maximum Gasteiger partial charge on any atom is 0.140 e. The molecule has 6 atom stereocenters. The second-order valence-corrected chi connectivity index (χ2v) is 27.3. The number of carbonyl (C=O) groups excluding carboxylic acids is 1. The molecule has 2 aliphatic carbocycles. The number of nitrogens with zero attached hydrogens (tertiary/aromatic N) is 5. The van der Waals surface area contributed by atoms with Gasteiger partial charge >= 0.3 is 0 Å². The standard InChI is InChI=1S/C71H98N8OP2/c1-17-56(18-2)60-37-48(7)78(54(60)13)35-25-21-22-28-47(6)76(14)43-46(5)72-41-49(8)77(15)65(38-55-29-23-20-24-30-55)52(11)73-42-50(9)82(16)36-26-27-45(4)74-63-33-31-58-51(10)68(81)40-64-69(58)70(63)62-44-79-53(12)59-32-34-67(80)57(19-3)61(59)39-66(79)71(62)75-64/h20,23-24,29-30,39-40,56-57,60,63,65,72-74H,4-9,11-13,17-19,21-22,25-28,31-38,41-44,81H2,1-3,10,14-16H3. The lowest BCUT2D eigenvalue weighted by atomic mass is 9.77. The van der Waals surface area contributed by atoms with E-state index < -0.39 is 7.92 Å². The van der Waals surface area contributed by atoms with Crippen LogP contribution < -0.4 is 21.3 Å². The van der Waals surface area contributed by atoms with Gasteiger partial charge in [0.15, 0.2) is 0 Å². The maximum absolute atomic E-state index is 13.1. The van der Waals surface area contributed by atoms with Crippen LogP contribution in [-0.2, 0) is 24.2 Å². The Morgan fingerprint density at radius 3 is 2.35 bits per heavy atom. The van der Waals surface area contributed by atoms with Crippen molar-refractivity contribution < 1.29 is 4.79 Å². The molecule has 1 fully saturated rings. The fourth-order valence-corrected chi connectivity index (χ4v) is 15.2. The second kappa shape index (κ2) is 27.7. The average Bonchev–Trinajstić information content (AvgIpc) is 4.17. The molecule has 1 saturated heterocycles. The molecule has 0 amide bonds. The zero-order chi connectivity index (χ0) is 59.1. The molecule has 5 aliphatic rings. The third kappa shape index (κ3) is 13.7. The molecule has 8 rings (SSSR count). The fraction of sp³-hybridized carbons (Fsp3) is 0.465. The van der Waals surface area contributed by atoms with Gasteiger partial charge in [0.25, 0.3) is 0 Å². The Hall–Kier alpha value is -5.88. The summed E-state index contributed by atoms with van der Waals surface area (Å²) in [4.78, 5) is 27.8. The van der Waals surface area contributed by atoms with Gasteiger partial charge in [0, 0.05) is 102 Å². The van der Waals surface area contributed by atoms with Crippen molar-refractivity contribution in [1.82, 2.24) is 40.5 Å². The van der Waals surface area contributed by atoms with Crippen molar-refractivity contribution in [3.8, 4) is 0 Å². The summed E-state index contributed by atoms with van der Waals surface area (Å²) in [5.41, 5.74) is 20.8. The number of unbranched alkanes of at least 4 members (excludes halogenated alkanes) is 2. The first kappa shape index (κ1) is 62.2. The molecule has 1 aromatic heterocycles. The van der Waals surface area contributed by atoms with Gasteiger partial charge < -0.3 is 35.6 Å². The number of hydrogen-bond acceptors (Lipinski definition) is 9. The SMILES string of the molecule is C=C(CN(C)C(=C)CCCCCN1C(=C)CC(C(CC)CC)C1=C)NCC(=C)N(C)C(Cc1ccccc1)C(=C)NCC(=C)P(C)CCCC(=C)NC1CCc2c(C)c(P)cc3nc4c(c1c23)CN1C(=C)C2=C(C=C41)C(CC)C(=O)CC2. The van der Waals surface area contributed by atoms with E-state index in [2.05, 4.69) is 195 Å². The highest BCUT2D eigenvalue weighted by atomic mass is 31.1. The van der Waals surface area contributed by atoms with Crippen molar-refractivity contribution in [3.05, 3.63) is 197 Å². The third-order valence-corrected chi connectivity index (χ3v) is 21.8. The number of hydrogen-bond donors (Lipinski definition) is 3. The lowest BCUT2D eigenvalue weighted by Crippen LogP contribution is -2.41. The van der Waals surface area contributed by atoms with Crippen molar-refractivity contribution in [2.45, 2.75) is 143 Å². The van der Waals surface area contributed by atoms with E-state index in [0.717, 1.165) is 153 Å². The highest BCUT2D eigenvalue weighted by Crippen LogP contribution is 2.51. The van der Waals surface area contributed by atoms with E-state index in [-0.39, 0.29) is 18.0 Å². The van der Waals surface area contributed by atoms with Crippen LogP contribution in [-0.4, -0.2) is 89.5 Å². The molecule has 438 valence electrons. The minimum Gasteiger partial charge on any atom is -0.383 e. The molecule has 0 bridgehead atoms. The van der Waals surface area contributed by atoms with Crippen LogP contribution in [0.5, 0.6) is 0 Å². The Balaban J connectivity index is 0.803. The van der Waals surface area contributed by atoms with Crippen LogP contribution in [0.15, 0.2) is 164 Å². The average molecular weight is 1140 g/mol. The number of benzene rings is 2. The summed E-state index contributed by atoms with van der Waals surface area (Å²) in [5, 5.41) is 15.0. The Bertz CT molecular complexity index is 3090. The fourth-order valence-electron chi connectivity index (χ4n) is 13.6. The van der Waals surface area contributed by atoms with E-state index in [1.54, 1.807) is 0 Å². The zero-order valence-electron chi connectivity index (χ0n) is 51.3. The number of ketones is 1. The number of likely N-dealkylation sites (N-methyl/N-ethyl adjacent to an activating group) is 2. The second-order valence-electron chi connectivity index (χ2n) is 24.2. The van der Waals surface area contributed by atoms with Crippen molar-refractivity contribution in [2.75, 3.05) is 53.1 Å². The number of nitrogens with one attached hydrogen (secondary N) is 3. The van der Waals surface area contributed by atoms with Gasteiger partial charge in [-0.05, 0) is 152 Å². The number of aromatic nitrogens is 1. The van der Waals surface area contributed by atoms with Gasteiger partial charge in [0.1, 0.15) is 5.78 Å². The van der Waals surface area contributed by atoms with E-state index in [1.165, 1.54) is 73.6 Å². The summed E-state index contributed by atoms with van der Waals surface area (Å²) in [6, 6.07) is 13.0. The molecule has 11 heteroatoms. The van der Waals surface area contributed by atoms with Gasteiger partial charge in [-0.3, -0.25) is 4.79 Å². The lowest BCUT2D eigenvalue weighted by molar-refractivity contribution is -0.122. The van der Waals surface area contributed by atoms with Crippen molar-refractivity contribution in [2.24, 2.45) is 17.8 Å². The first-order chi connectivity index (χ1) is 39.3. The van der Waals surface area contributed by atoms with Crippen LogP contribution in [0.2, 0.25) is 0 Å². The largest absolute Gasteiger partial charge is 0.383 e. The number of pyridine rings is 1. The quantitative estimate of drug-likeness (QED) is 0.0431. The van der Waals surface area contributed by atoms with E-state index in [1.807, 2.05) is 0 Å². The van der Waals surface area contributed by atoms with Crippen molar-refractivity contribution in [1.29, 1.82) is 0 Å². The number of carbonyl (C=O) groups is 1. The van der Waals surface area contributed by atoms with Gasteiger partial charge in [-0.25, -0.2) is 4.98 Å². The van der Waals surface area contributed by atoms with Crippen LogP contribution in [0.1, 0.15) is 144 Å². The van der Waals surface area contributed by atoms with Gasteiger partial charge in [-0.1, -0.05) is 137 Å². The molecule has 3 aromatic rings. The van der Waals surface area contributed by atoms with Crippen LogP contribution in [0.25, 0.3) is 16.6 Å². The van der Waals surface area contributed by atoms with Gasteiger partial charge in [0.05, 0.1) is 48.6 Å². The van der Waals surface area contributed by atoms with E-state index in [0.29, 0.717) is 43.7 Å². The number of Topliss-reactive ketones (excluding diaryl/α,β-unsaturated/α-hetero) is 1. The Morgan fingerprint density at radius 1 is 0.890 bits per heavy atom. The number of aryl methyl sites for hydroxylation is 1. The molecule has 4 heterocycles. The summed E-state index contributed by atoms with van der Waals surface area (Å²) in [5.74, 6) is 1.51. The molecule has 82 heavy (non-hydrogen) atoms. The number of likely N-dealkylation sites (tertiary alicyclic amines) is 1. The molecular weight excluding hydrogens is 1040 g/mol. The molecule has 0 saturated carbocycles. The molecule has 3 aliphatic heterocycles. The normalized spacial score (nSPS) is 18.9. The molecule has 6 unspecified atom stereocenters. The Kier molecular flexibility index (Phi) is 21.0. The number of fused-ring (bicyclic) bond motifs is 4. The van der Waals surface area contributed by atoms with Crippen LogP contribution in [0.3, 0.4) is 0 Å². The van der Waals surface area contributed by atoms with E-state index in [9.17, 15) is 4.79 Å². The summed E-state index contributed by atoms with van der Waals surface area (Å²) in [7, 11) is 6.74. The molecule has 2 aromatic carbocycles. The Labute approximate surface area is 498 Å². The summed E-state index contributed by atoms with van der Waals surface area (Å²) in [6.45, 7) is 55.9. The van der Waals surface area contributed by atoms with Gasteiger partial charge in [-0.15, -0.1) is 9.24 Å². The molecule has 3 N–H and O–H groups in total. The number of allylic oxidation sites excluding steroid dienone is 7. The molecule has 9 nitrogen and oxygen atoms in total. The summed E-state index contributed by atoms with van der Waals surface area (Å²) >= 11 is 0. The topological polar surface area (TPSA) is 79.0 Å². The first-order valence-corrected chi connectivity index (χ1v) is 33.2. The monoisotopic (exact) mass is 1140 g/mol. The minimum atomic E-state index is -0.448. The van der Waals surface area contributed by atoms with Crippen LogP contribution in [0, 0.1) is 24.7 Å². The van der Waals surface area contributed by atoms with Gasteiger partial charge in [0.2, 0.25) is 0 Å². The third-order valence-electron chi connectivity index (χ3n) is 19.0. The number of rotatable bonds is 31. The van der Waals surface area contributed by atoms with Gasteiger partial charge in [-0.2, -0.15) is 0 Å². The molecular formula is C71H98N8OP2. The van der Waals surface area contributed by atoms with E-state index >= 15 is 0 Å². The van der Waals surface area contributed by atoms with Crippen LogP contribution >= 0.6 is 17.2 Å².